The van der Waals surface area contributed by atoms with Crippen LogP contribution in [0.4, 0.5) is 8.78 Å². The quantitative estimate of drug-likeness (QED) is 0.734. The van der Waals surface area contributed by atoms with E-state index in [0.29, 0.717) is 5.75 Å². The predicted molar refractivity (Wildman–Crippen MR) is 97.9 cm³/mol. The number of hydrogen-bond acceptors (Lipinski definition) is 4. The topological polar surface area (TPSA) is 56.8 Å². The molecule has 146 valence electrons. The largest absolute Gasteiger partial charge is 0.496 e. The summed E-state index contributed by atoms with van der Waals surface area (Å²) in [5, 5.41) is 2.88. The van der Waals surface area contributed by atoms with Gasteiger partial charge in [0.15, 0.2) is 11.5 Å². The van der Waals surface area contributed by atoms with E-state index in [1.165, 1.54) is 18.2 Å². The van der Waals surface area contributed by atoms with Gasteiger partial charge in [-0.2, -0.15) is 8.78 Å². The highest BCUT2D eigenvalue weighted by Gasteiger charge is 2.18. The van der Waals surface area contributed by atoms with Crippen molar-refractivity contribution in [2.75, 3.05) is 13.7 Å². The zero-order chi connectivity index (χ0) is 20.0. The van der Waals surface area contributed by atoms with Crippen LogP contribution in [-0.2, 0) is 0 Å². The molecule has 5 nitrogen and oxygen atoms in total. The fraction of sp³-hybridized carbons (Fsp3) is 0.350. The van der Waals surface area contributed by atoms with Crippen LogP contribution in [0.1, 0.15) is 41.4 Å². The molecule has 0 saturated carbocycles. The smallest absolute Gasteiger partial charge is 0.387 e. The normalized spacial score (nSPS) is 11.8. The molecule has 7 heteroatoms. The van der Waals surface area contributed by atoms with E-state index in [0.717, 1.165) is 11.1 Å². The van der Waals surface area contributed by atoms with Crippen LogP contribution in [0.25, 0.3) is 0 Å². The van der Waals surface area contributed by atoms with Gasteiger partial charge in [-0.05, 0) is 45.0 Å². The molecule has 0 aromatic heterocycles. The summed E-state index contributed by atoms with van der Waals surface area (Å²) in [4.78, 5) is 12.6. The molecule has 0 radical (unpaired) electrons. The molecule has 1 N–H and O–H groups in total. The van der Waals surface area contributed by atoms with E-state index >= 15 is 0 Å². The van der Waals surface area contributed by atoms with Gasteiger partial charge >= 0.3 is 6.61 Å². The summed E-state index contributed by atoms with van der Waals surface area (Å²) in [6, 6.07) is 9.48. The molecule has 0 fully saturated rings. The molecule has 0 aliphatic heterocycles. The van der Waals surface area contributed by atoms with Gasteiger partial charge in [0, 0.05) is 11.1 Å². The first-order chi connectivity index (χ1) is 12.8. The second-order valence-electron chi connectivity index (χ2n) is 5.91. The van der Waals surface area contributed by atoms with Crippen LogP contribution in [-0.4, -0.2) is 26.2 Å². The highest BCUT2D eigenvalue weighted by atomic mass is 19.3. The minimum absolute atomic E-state index is 0.0891. The number of methoxy groups -OCH3 is 1. The molecule has 2 rings (SSSR count). The molecule has 2 aromatic rings. The van der Waals surface area contributed by atoms with Gasteiger partial charge in [-0.1, -0.05) is 17.7 Å². The number of amides is 1. The molecule has 1 amide bonds. The number of carbonyl (C=O) groups is 1. The number of rotatable bonds is 8. The average molecular weight is 379 g/mol. The van der Waals surface area contributed by atoms with E-state index in [9.17, 15) is 13.6 Å². The second kappa shape index (κ2) is 9.21. The van der Waals surface area contributed by atoms with Crippen molar-refractivity contribution < 1.29 is 27.8 Å². The molecule has 2 aromatic carbocycles. The van der Waals surface area contributed by atoms with Crippen LogP contribution in [0.2, 0.25) is 0 Å². The van der Waals surface area contributed by atoms with Crippen molar-refractivity contribution in [2.24, 2.45) is 0 Å². The molecule has 0 saturated heterocycles. The maximum absolute atomic E-state index is 12.6. The van der Waals surface area contributed by atoms with E-state index < -0.39 is 6.61 Å². The summed E-state index contributed by atoms with van der Waals surface area (Å²) in [7, 11) is 1.57. The Balaban J connectivity index is 2.22. The van der Waals surface area contributed by atoms with Gasteiger partial charge in [0.1, 0.15) is 5.75 Å². The first kappa shape index (κ1) is 20.5. The van der Waals surface area contributed by atoms with Gasteiger partial charge in [-0.25, -0.2) is 0 Å². The Morgan fingerprint density at radius 1 is 1.11 bits per heavy atom. The lowest BCUT2D eigenvalue weighted by atomic mass is 10.0. The molecule has 0 aliphatic carbocycles. The third kappa shape index (κ3) is 5.32. The van der Waals surface area contributed by atoms with Crippen LogP contribution >= 0.6 is 0 Å². The van der Waals surface area contributed by atoms with E-state index in [1.54, 1.807) is 14.0 Å². The van der Waals surface area contributed by atoms with Crippen LogP contribution in [0.5, 0.6) is 17.2 Å². The predicted octanol–water partition coefficient (Wildman–Crippen LogP) is 4.49. The number of hydrogen-bond donors (Lipinski definition) is 1. The molecular weight excluding hydrogens is 356 g/mol. The lowest BCUT2D eigenvalue weighted by Crippen LogP contribution is -2.27. The molecule has 0 bridgehead atoms. The number of halogens is 2. The molecule has 1 atom stereocenters. The van der Waals surface area contributed by atoms with Gasteiger partial charge < -0.3 is 19.5 Å². The van der Waals surface area contributed by atoms with Crippen molar-refractivity contribution in [3.05, 3.63) is 53.1 Å². The summed E-state index contributed by atoms with van der Waals surface area (Å²) >= 11 is 0. The number of alkyl halides is 2. The van der Waals surface area contributed by atoms with Gasteiger partial charge in [0.25, 0.3) is 5.91 Å². The Morgan fingerprint density at radius 3 is 2.44 bits per heavy atom. The Kier molecular flexibility index (Phi) is 6.98. The monoisotopic (exact) mass is 379 g/mol. The number of ether oxygens (including phenoxy) is 3. The molecule has 0 spiro atoms. The maximum atomic E-state index is 12.6. The number of nitrogens with one attached hydrogen (secondary N) is 1. The van der Waals surface area contributed by atoms with E-state index in [2.05, 4.69) is 10.1 Å². The molecule has 0 unspecified atom stereocenters. The summed E-state index contributed by atoms with van der Waals surface area (Å²) in [6.07, 6.45) is 0. The second-order valence-corrected chi connectivity index (χ2v) is 5.91. The van der Waals surface area contributed by atoms with Gasteiger partial charge in [0.05, 0.1) is 19.8 Å². The van der Waals surface area contributed by atoms with Crippen LogP contribution in [0, 0.1) is 6.92 Å². The lowest BCUT2D eigenvalue weighted by Gasteiger charge is -2.18. The highest BCUT2D eigenvalue weighted by Crippen LogP contribution is 2.31. The van der Waals surface area contributed by atoms with Gasteiger partial charge in [-0.15, -0.1) is 0 Å². The summed E-state index contributed by atoms with van der Waals surface area (Å²) < 4.78 is 40.1. The molecule has 0 heterocycles. The minimum Gasteiger partial charge on any atom is -0.496 e. The number of carbonyl (C=O) groups excluding carboxylic acids is 1. The van der Waals surface area contributed by atoms with Crippen molar-refractivity contribution in [1.82, 2.24) is 5.32 Å². The standard InChI is InChI=1S/C20H23F2NO4/c1-5-26-18-11-14(7-9-17(18)27-20(21)22)19(24)23-13(3)15-10-12(2)6-8-16(15)25-4/h6-11,13,20H,5H2,1-4H3,(H,23,24)/t13-/m0/s1. The Bertz CT molecular complexity index is 796. The Morgan fingerprint density at radius 2 is 1.81 bits per heavy atom. The highest BCUT2D eigenvalue weighted by molar-refractivity contribution is 5.95. The summed E-state index contributed by atoms with van der Waals surface area (Å²) in [5.74, 6) is 0.280. The van der Waals surface area contributed by atoms with Crippen LogP contribution < -0.4 is 19.5 Å². The number of benzene rings is 2. The SMILES string of the molecule is CCOc1cc(C(=O)N[C@@H](C)c2cc(C)ccc2OC)ccc1OC(F)F. The maximum Gasteiger partial charge on any atom is 0.387 e. The van der Waals surface area contributed by atoms with Crippen molar-refractivity contribution in [3.63, 3.8) is 0 Å². The minimum atomic E-state index is -2.97. The Hall–Kier alpha value is -2.83. The fourth-order valence-electron chi connectivity index (χ4n) is 2.66. The van der Waals surface area contributed by atoms with E-state index in [4.69, 9.17) is 9.47 Å². The Labute approximate surface area is 157 Å². The van der Waals surface area contributed by atoms with Crippen LogP contribution in [0.3, 0.4) is 0 Å². The summed E-state index contributed by atoms with van der Waals surface area (Å²) in [6.45, 7) is 2.78. The number of aryl methyl sites for hydroxylation is 1. The van der Waals surface area contributed by atoms with Gasteiger partial charge in [-0.3, -0.25) is 4.79 Å². The van der Waals surface area contributed by atoms with Crippen molar-refractivity contribution in [1.29, 1.82) is 0 Å². The molecule has 0 aliphatic rings. The van der Waals surface area contributed by atoms with Crippen LogP contribution in [0.15, 0.2) is 36.4 Å². The van der Waals surface area contributed by atoms with Crippen molar-refractivity contribution in [3.8, 4) is 17.2 Å². The van der Waals surface area contributed by atoms with E-state index in [-0.39, 0.29) is 35.6 Å². The molecule has 27 heavy (non-hydrogen) atoms. The zero-order valence-corrected chi connectivity index (χ0v) is 15.7. The first-order valence-corrected chi connectivity index (χ1v) is 8.52. The van der Waals surface area contributed by atoms with E-state index in [1.807, 2.05) is 32.0 Å². The average Bonchev–Trinajstić information content (AvgIpc) is 2.62. The van der Waals surface area contributed by atoms with Crippen molar-refractivity contribution in [2.45, 2.75) is 33.4 Å². The summed E-state index contributed by atoms with van der Waals surface area (Å²) in [5.41, 5.74) is 2.16. The fourth-order valence-corrected chi connectivity index (χ4v) is 2.66. The zero-order valence-electron chi connectivity index (χ0n) is 15.7. The van der Waals surface area contributed by atoms with Crippen molar-refractivity contribution >= 4 is 5.91 Å². The third-order valence-corrected chi connectivity index (χ3v) is 3.92. The third-order valence-electron chi connectivity index (χ3n) is 3.92. The molecular formula is C20H23F2NO4. The van der Waals surface area contributed by atoms with Gasteiger partial charge in [0.2, 0.25) is 0 Å². The first-order valence-electron chi connectivity index (χ1n) is 8.52. The lowest BCUT2D eigenvalue weighted by molar-refractivity contribution is -0.0514.